The molecule has 1 aromatic carbocycles. The quantitative estimate of drug-likeness (QED) is 0.544. The Kier molecular flexibility index (Phi) is 6.83. The fraction of sp³-hybridized carbons (Fsp3) is 0.500. The van der Waals surface area contributed by atoms with Gasteiger partial charge in [0.15, 0.2) is 0 Å². The molecule has 0 saturated carbocycles. The Bertz CT molecular complexity index is 531. The number of methoxy groups -OCH3 is 2. The highest BCUT2D eigenvalue weighted by Crippen LogP contribution is 2.12. The zero-order valence-corrected chi connectivity index (χ0v) is 13.5. The Morgan fingerprint density at radius 1 is 1.35 bits per heavy atom. The van der Waals surface area contributed by atoms with Gasteiger partial charge in [-0.25, -0.2) is 0 Å². The van der Waals surface area contributed by atoms with Crippen LogP contribution in [0.25, 0.3) is 0 Å². The maximum atomic E-state index is 11.9. The van der Waals surface area contributed by atoms with Gasteiger partial charge in [-0.05, 0) is 17.7 Å². The molecule has 1 atom stereocenters. The van der Waals surface area contributed by atoms with Crippen LogP contribution < -0.4 is 15.4 Å². The Labute approximate surface area is 136 Å². The fourth-order valence-electron chi connectivity index (χ4n) is 2.20. The molecule has 0 spiro atoms. The Hall–Kier alpha value is -2.12. The van der Waals surface area contributed by atoms with E-state index in [4.69, 9.17) is 14.3 Å². The second-order valence-corrected chi connectivity index (χ2v) is 5.20. The molecular weight excluding hydrogens is 298 g/mol. The lowest BCUT2D eigenvalue weighted by Gasteiger charge is -2.09. The third kappa shape index (κ3) is 5.54. The van der Waals surface area contributed by atoms with Crippen LogP contribution in [0.1, 0.15) is 12.0 Å². The molecule has 1 aliphatic heterocycles. The zero-order valence-electron chi connectivity index (χ0n) is 13.5. The van der Waals surface area contributed by atoms with E-state index < -0.39 is 0 Å². The predicted molar refractivity (Wildman–Crippen MR) is 86.5 cm³/mol. The molecule has 2 rings (SSSR count). The molecular formula is C16H23N3O4. The molecule has 1 amide bonds. The molecule has 1 aliphatic rings. The number of carbonyl (C=O) groups is 1. The first-order valence-electron chi connectivity index (χ1n) is 7.53. The molecule has 0 radical (unpaired) electrons. The van der Waals surface area contributed by atoms with Crippen LogP contribution in [-0.2, 0) is 21.0 Å². The van der Waals surface area contributed by atoms with Crippen molar-refractivity contribution in [3.8, 4) is 5.75 Å². The van der Waals surface area contributed by atoms with Crippen molar-refractivity contribution in [1.82, 2.24) is 10.6 Å². The molecule has 0 unspecified atom stereocenters. The summed E-state index contributed by atoms with van der Waals surface area (Å²) in [6.07, 6.45) is 0.557. The summed E-state index contributed by atoms with van der Waals surface area (Å²) in [5.41, 5.74) is 1.85. The summed E-state index contributed by atoms with van der Waals surface area (Å²) < 4.78 is 10.0. The summed E-state index contributed by atoms with van der Waals surface area (Å²) in [5.74, 6) is 0.768. The van der Waals surface area contributed by atoms with E-state index >= 15 is 0 Å². The highest BCUT2D eigenvalue weighted by molar-refractivity contribution is 5.96. The van der Waals surface area contributed by atoms with Crippen molar-refractivity contribution in [3.05, 3.63) is 29.8 Å². The topological polar surface area (TPSA) is 81.2 Å². The molecule has 1 heterocycles. The van der Waals surface area contributed by atoms with Gasteiger partial charge in [0.25, 0.3) is 0 Å². The minimum absolute atomic E-state index is 0.0394. The van der Waals surface area contributed by atoms with Crippen molar-refractivity contribution in [2.75, 3.05) is 33.9 Å². The number of rotatable bonds is 8. The van der Waals surface area contributed by atoms with E-state index in [0.29, 0.717) is 32.7 Å². The molecule has 0 aliphatic carbocycles. The largest absolute Gasteiger partial charge is 0.497 e. The smallest absolute Gasteiger partial charge is 0.237 e. The van der Waals surface area contributed by atoms with Crippen molar-refractivity contribution in [2.24, 2.45) is 5.16 Å². The summed E-state index contributed by atoms with van der Waals surface area (Å²) in [6.45, 7) is 1.96. The maximum Gasteiger partial charge on any atom is 0.237 e. The number of nitrogens with zero attached hydrogens (tertiary/aromatic N) is 1. The van der Waals surface area contributed by atoms with E-state index in [2.05, 4.69) is 15.8 Å². The number of hydrogen-bond donors (Lipinski definition) is 2. The van der Waals surface area contributed by atoms with Crippen LogP contribution in [0.4, 0.5) is 0 Å². The van der Waals surface area contributed by atoms with Crippen LogP contribution >= 0.6 is 0 Å². The first kappa shape index (κ1) is 17.2. The van der Waals surface area contributed by atoms with Gasteiger partial charge in [0.1, 0.15) is 12.4 Å². The third-order valence-electron chi connectivity index (χ3n) is 3.50. The molecule has 126 valence electrons. The van der Waals surface area contributed by atoms with E-state index in [1.165, 1.54) is 0 Å². The van der Waals surface area contributed by atoms with Crippen LogP contribution in [-0.4, -0.2) is 51.6 Å². The highest BCUT2D eigenvalue weighted by Gasteiger charge is 2.26. The van der Waals surface area contributed by atoms with Gasteiger partial charge < -0.3 is 24.9 Å². The lowest BCUT2D eigenvalue weighted by molar-refractivity contribution is -0.122. The van der Waals surface area contributed by atoms with Crippen molar-refractivity contribution >= 4 is 11.6 Å². The normalized spacial score (nSPS) is 18.9. The van der Waals surface area contributed by atoms with Gasteiger partial charge in [-0.15, -0.1) is 0 Å². The van der Waals surface area contributed by atoms with E-state index in [1.54, 1.807) is 14.2 Å². The Morgan fingerprint density at radius 3 is 2.83 bits per heavy atom. The lowest BCUT2D eigenvalue weighted by Crippen LogP contribution is -2.41. The average molecular weight is 321 g/mol. The number of carbonyl (C=O) groups excluding carboxylic acids is 1. The first-order chi connectivity index (χ1) is 11.2. The molecule has 2 N–H and O–H groups in total. The summed E-state index contributed by atoms with van der Waals surface area (Å²) in [6, 6.07) is 7.36. The first-order valence-corrected chi connectivity index (χ1v) is 7.53. The maximum absolute atomic E-state index is 11.9. The van der Waals surface area contributed by atoms with Crippen molar-refractivity contribution in [2.45, 2.75) is 19.1 Å². The second-order valence-electron chi connectivity index (χ2n) is 5.20. The van der Waals surface area contributed by atoms with Gasteiger partial charge in [0.2, 0.25) is 5.91 Å². The molecule has 0 bridgehead atoms. The molecule has 1 saturated heterocycles. The number of hydrogen-bond acceptors (Lipinski definition) is 6. The van der Waals surface area contributed by atoms with Gasteiger partial charge in [0.05, 0.1) is 25.5 Å². The SMILES string of the molecule is COCCNC(=O)[C@@H]1C/C(=N\OCc2ccc(OC)cc2)CN1. The predicted octanol–water partition coefficient (Wildman–Crippen LogP) is 0.692. The standard InChI is InChI=1S/C16H23N3O4/c1-21-8-7-17-16(20)15-9-13(10-18-15)19-23-11-12-3-5-14(22-2)6-4-12/h3-6,15,18H,7-11H2,1-2H3,(H,17,20)/b19-13+/t15-/m0/s1. The average Bonchev–Trinajstić information content (AvgIpc) is 3.05. The number of oxime groups is 1. The summed E-state index contributed by atoms with van der Waals surface area (Å²) in [7, 11) is 3.23. The third-order valence-corrected chi connectivity index (χ3v) is 3.50. The van der Waals surface area contributed by atoms with Crippen LogP contribution in [0.2, 0.25) is 0 Å². The van der Waals surface area contributed by atoms with Crippen LogP contribution in [0.3, 0.4) is 0 Å². The van der Waals surface area contributed by atoms with Gasteiger partial charge in [-0.2, -0.15) is 0 Å². The molecule has 0 aromatic heterocycles. The summed E-state index contributed by atoms with van der Waals surface area (Å²) >= 11 is 0. The summed E-state index contributed by atoms with van der Waals surface area (Å²) in [4.78, 5) is 17.2. The van der Waals surface area contributed by atoms with Crippen LogP contribution in [0.15, 0.2) is 29.4 Å². The number of amides is 1. The molecule has 7 nitrogen and oxygen atoms in total. The van der Waals surface area contributed by atoms with Gasteiger partial charge in [-0.1, -0.05) is 17.3 Å². The molecule has 23 heavy (non-hydrogen) atoms. The minimum atomic E-state index is -0.254. The monoisotopic (exact) mass is 321 g/mol. The number of ether oxygens (including phenoxy) is 2. The molecule has 1 aromatic rings. The fourth-order valence-corrected chi connectivity index (χ4v) is 2.20. The lowest BCUT2D eigenvalue weighted by atomic mass is 10.2. The van der Waals surface area contributed by atoms with Crippen LogP contribution in [0, 0.1) is 0 Å². The number of benzene rings is 1. The molecule has 7 heteroatoms. The molecule has 1 fully saturated rings. The summed E-state index contributed by atoms with van der Waals surface area (Å²) in [5, 5.41) is 10.0. The Morgan fingerprint density at radius 2 is 2.13 bits per heavy atom. The van der Waals surface area contributed by atoms with E-state index in [0.717, 1.165) is 17.0 Å². The zero-order chi connectivity index (χ0) is 16.5. The van der Waals surface area contributed by atoms with Crippen molar-refractivity contribution in [3.63, 3.8) is 0 Å². The van der Waals surface area contributed by atoms with Gasteiger partial charge >= 0.3 is 0 Å². The van der Waals surface area contributed by atoms with Crippen molar-refractivity contribution < 1.29 is 19.1 Å². The van der Waals surface area contributed by atoms with E-state index in [-0.39, 0.29) is 11.9 Å². The van der Waals surface area contributed by atoms with Crippen LogP contribution in [0.5, 0.6) is 5.75 Å². The second kappa shape index (κ2) is 9.12. The van der Waals surface area contributed by atoms with Gasteiger partial charge in [-0.3, -0.25) is 4.79 Å². The number of nitrogens with one attached hydrogen (secondary N) is 2. The van der Waals surface area contributed by atoms with Crippen molar-refractivity contribution in [1.29, 1.82) is 0 Å². The van der Waals surface area contributed by atoms with E-state index in [1.807, 2.05) is 24.3 Å². The Balaban J connectivity index is 1.73. The minimum Gasteiger partial charge on any atom is -0.497 e. The highest BCUT2D eigenvalue weighted by atomic mass is 16.6. The van der Waals surface area contributed by atoms with E-state index in [9.17, 15) is 4.79 Å². The van der Waals surface area contributed by atoms with Gasteiger partial charge in [0, 0.05) is 26.6 Å².